The second-order valence-electron chi connectivity index (χ2n) is 5.73. The minimum atomic E-state index is 0.132. The molecule has 1 aromatic carbocycles. The van der Waals surface area contributed by atoms with Gasteiger partial charge in [-0.05, 0) is 44.4 Å². The predicted molar refractivity (Wildman–Crippen MR) is 82.5 cm³/mol. The van der Waals surface area contributed by atoms with Crippen LogP contribution in [0.2, 0.25) is 0 Å². The average Bonchev–Trinajstić information content (AvgIpc) is 2.47. The third kappa shape index (κ3) is 3.51. The Morgan fingerprint density at radius 1 is 1.35 bits per heavy atom. The van der Waals surface area contributed by atoms with E-state index in [1.54, 1.807) is 7.11 Å². The quantitative estimate of drug-likeness (QED) is 0.868. The number of rotatable bonds is 5. The van der Waals surface area contributed by atoms with Gasteiger partial charge in [-0.15, -0.1) is 0 Å². The summed E-state index contributed by atoms with van der Waals surface area (Å²) in [5.41, 5.74) is 10.8. The Morgan fingerprint density at radius 3 is 2.65 bits per heavy atom. The minimum Gasteiger partial charge on any atom is -0.497 e. The molecule has 0 spiro atoms. The first-order valence-electron chi connectivity index (χ1n) is 7.54. The van der Waals surface area contributed by atoms with E-state index < -0.39 is 0 Å². The van der Waals surface area contributed by atoms with Crippen molar-refractivity contribution in [3.8, 4) is 5.75 Å². The van der Waals surface area contributed by atoms with Crippen LogP contribution in [0.25, 0.3) is 0 Å². The highest BCUT2D eigenvalue weighted by molar-refractivity contribution is 5.30. The predicted octanol–water partition coefficient (Wildman–Crippen LogP) is 2.46. The van der Waals surface area contributed by atoms with Crippen LogP contribution in [0.15, 0.2) is 24.3 Å². The maximum atomic E-state index is 5.97. The topological polar surface area (TPSA) is 50.5 Å². The molecule has 1 saturated heterocycles. The molecule has 3 N–H and O–H groups in total. The molecule has 1 heterocycles. The average molecular weight is 277 g/mol. The Kier molecular flexibility index (Phi) is 5.40. The van der Waals surface area contributed by atoms with Gasteiger partial charge >= 0.3 is 0 Å². The lowest BCUT2D eigenvalue weighted by molar-refractivity contribution is 0.0304. The molecule has 1 fully saturated rings. The minimum absolute atomic E-state index is 0.132. The van der Waals surface area contributed by atoms with Gasteiger partial charge in [0.1, 0.15) is 5.75 Å². The zero-order valence-corrected chi connectivity index (χ0v) is 12.8. The molecule has 0 bridgehead atoms. The second kappa shape index (κ2) is 7.07. The van der Waals surface area contributed by atoms with Gasteiger partial charge in [0.25, 0.3) is 0 Å². The van der Waals surface area contributed by atoms with Crippen molar-refractivity contribution in [3.63, 3.8) is 0 Å². The first kappa shape index (κ1) is 15.3. The fraction of sp³-hybridized carbons (Fsp3) is 0.625. The fourth-order valence-electron chi connectivity index (χ4n) is 2.98. The van der Waals surface area contributed by atoms with Crippen LogP contribution < -0.4 is 15.9 Å². The number of hydrogen-bond acceptors (Lipinski definition) is 4. The maximum absolute atomic E-state index is 5.97. The third-order valence-corrected chi connectivity index (χ3v) is 4.23. The molecule has 2 rings (SSSR count). The van der Waals surface area contributed by atoms with Crippen LogP contribution in [0, 0.1) is 0 Å². The normalized spacial score (nSPS) is 25.4. The first-order chi connectivity index (χ1) is 9.65. The van der Waals surface area contributed by atoms with Crippen LogP contribution in [-0.4, -0.2) is 30.7 Å². The Balaban J connectivity index is 2.11. The summed E-state index contributed by atoms with van der Waals surface area (Å²) >= 11 is 0. The Labute approximate surface area is 122 Å². The fourth-order valence-corrected chi connectivity index (χ4v) is 2.98. The standard InChI is InChI=1S/C16H27N3O/c1-12-6-4-7-13(2)19(12)18-16(11-17)14-8-5-9-15(10-14)20-3/h5,8-10,12-13,16,18H,4,6-7,11,17H2,1-3H3. The van der Waals surface area contributed by atoms with Gasteiger partial charge in [-0.1, -0.05) is 18.6 Å². The highest BCUT2D eigenvalue weighted by atomic mass is 16.5. The van der Waals surface area contributed by atoms with Crippen LogP contribution in [0.1, 0.15) is 44.7 Å². The molecular formula is C16H27N3O. The molecule has 0 aromatic heterocycles. The molecule has 3 atom stereocenters. The zero-order chi connectivity index (χ0) is 14.5. The summed E-state index contributed by atoms with van der Waals surface area (Å²) < 4.78 is 5.30. The molecule has 112 valence electrons. The van der Waals surface area contributed by atoms with E-state index in [-0.39, 0.29) is 6.04 Å². The van der Waals surface area contributed by atoms with E-state index in [1.807, 2.05) is 12.1 Å². The van der Waals surface area contributed by atoms with E-state index >= 15 is 0 Å². The summed E-state index contributed by atoms with van der Waals surface area (Å²) in [6, 6.07) is 9.38. The van der Waals surface area contributed by atoms with E-state index in [2.05, 4.69) is 36.4 Å². The zero-order valence-electron chi connectivity index (χ0n) is 12.8. The van der Waals surface area contributed by atoms with E-state index in [9.17, 15) is 0 Å². The van der Waals surface area contributed by atoms with Crippen molar-refractivity contribution in [2.24, 2.45) is 5.73 Å². The summed E-state index contributed by atoms with van der Waals surface area (Å²) in [6.07, 6.45) is 3.80. The van der Waals surface area contributed by atoms with Crippen LogP contribution in [-0.2, 0) is 0 Å². The molecule has 4 heteroatoms. The third-order valence-electron chi connectivity index (χ3n) is 4.23. The first-order valence-corrected chi connectivity index (χ1v) is 7.54. The van der Waals surface area contributed by atoms with Crippen molar-refractivity contribution >= 4 is 0 Å². The molecule has 20 heavy (non-hydrogen) atoms. The van der Waals surface area contributed by atoms with E-state index in [0.29, 0.717) is 18.6 Å². The van der Waals surface area contributed by atoms with Gasteiger partial charge in [0, 0.05) is 18.6 Å². The Morgan fingerprint density at radius 2 is 2.05 bits per heavy atom. The van der Waals surface area contributed by atoms with Crippen molar-refractivity contribution in [2.45, 2.75) is 51.2 Å². The highest BCUT2D eigenvalue weighted by Gasteiger charge is 2.26. The molecule has 0 radical (unpaired) electrons. The molecule has 0 saturated carbocycles. The molecule has 3 unspecified atom stereocenters. The summed E-state index contributed by atoms with van der Waals surface area (Å²) in [6.45, 7) is 5.13. The molecule has 1 aliphatic rings. The van der Waals surface area contributed by atoms with Crippen LogP contribution in [0.4, 0.5) is 0 Å². The van der Waals surface area contributed by atoms with E-state index in [0.717, 1.165) is 5.75 Å². The number of piperidine rings is 1. The van der Waals surface area contributed by atoms with Gasteiger partial charge in [0.2, 0.25) is 0 Å². The van der Waals surface area contributed by atoms with Gasteiger partial charge in [0.05, 0.1) is 13.2 Å². The summed E-state index contributed by atoms with van der Waals surface area (Å²) in [4.78, 5) is 0. The number of hydrogen-bond donors (Lipinski definition) is 2. The second-order valence-corrected chi connectivity index (χ2v) is 5.73. The number of hydrazine groups is 1. The van der Waals surface area contributed by atoms with Crippen molar-refractivity contribution in [1.29, 1.82) is 0 Å². The van der Waals surface area contributed by atoms with Crippen LogP contribution in [0.5, 0.6) is 5.75 Å². The lowest BCUT2D eigenvalue weighted by atomic mass is 9.99. The Bertz CT molecular complexity index is 414. The molecule has 1 aliphatic heterocycles. The van der Waals surface area contributed by atoms with Crippen molar-refractivity contribution in [2.75, 3.05) is 13.7 Å². The molecule has 4 nitrogen and oxygen atoms in total. The van der Waals surface area contributed by atoms with Crippen molar-refractivity contribution in [3.05, 3.63) is 29.8 Å². The molecule has 0 aliphatic carbocycles. The monoisotopic (exact) mass is 277 g/mol. The lowest BCUT2D eigenvalue weighted by Crippen LogP contribution is -2.54. The van der Waals surface area contributed by atoms with Crippen LogP contribution in [0.3, 0.4) is 0 Å². The summed E-state index contributed by atoms with van der Waals surface area (Å²) in [5.74, 6) is 0.877. The van der Waals surface area contributed by atoms with Gasteiger partial charge in [-0.3, -0.25) is 0 Å². The summed E-state index contributed by atoms with van der Waals surface area (Å²) in [7, 11) is 1.69. The maximum Gasteiger partial charge on any atom is 0.119 e. The molecule has 1 aromatic rings. The number of ether oxygens (including phenoxy) is 1. The van der Waals surface area contributed by atoms with E-state index in [1.165, 1.54) is 24.8 Å². The lowest BCUT2D eigenvalue weighted by Gasteiger charge is -2.41. The van der Waals surface area contributed by atoms with Crippen molar-refractivity contribution < 1.29 is 4.74 Å². The van der Waals surface area contributed by atoms with Gasteiger partial charge < -0.3 is 10.5 Å². The summed E-state index contributed by atoms with van der Waals surface area (Å²) in [5, 5.41) is 2.38. The SMILES string of the molecule is COc1cccc(C(CN)NN2C(C)CCCC2C)c1. The molecular weight excluding hydrogens is 250 g/mol. The number of nitrogens with one attached hydrogen (secondary N) is 1. The molecule has 0 amide bonds. The number of nitrogens with zero attached hydrogens (tertiary/aromatic N) is 1. The van der Waals surface area contributed by atoms with Gasteiger partial charge in [-0.25, -0.2) is 10.4 Å². The van der Waals surface area contributed by atoms with Crippen LogP contribution >= 0.6 is 0 Å². The smallest absolute Gasteiger partial charge is 0.119 e. The largest absolute Gasteiger partial charge is 0.497 e. The van der Waals surface area contributed by atoms with E-state index in [4.69, 9.17) is 10.5 Å². The Hall–Kier alpha value is -1.10. The van der Waals surface area contributed by atoms with Crippen molar-refractivity contribution in [1.82, 2.24) is 10.4 Å². The number of methoxy groups -OCH3 is 1. The highest BCUT2D eigenvalue weighted by Crippen LogP contribution is 2.24. The van der Waals surface area contributed by atoms with Gasteiger partial charge in [-0.2, -0.15) is 0 Å². The number of nitrogens with two attached hydrogens (primary N) is 1. The number of benzene rings is 1. The van der Waals surface area contributed by atoms with Gasteiger partial charge in [0.15, 0.2) is 0 Å².